The van der Waals surface area contributed by atoms with Gasteiger partial charge in [-0.2, -0.15) is 0 Å². The van der Waals surface area contributed by atoms with E-state index in [-0.39, 0.29) is 11.6 Å². The molecule has 0 N–H and O–H groups in total. The van der Waals surface area contributed by atoms with E-state index in [1.807, 2.05) is 36.1 Å². The summed E-state index contributed by atoms with van der Waals surface area (Å²) in [6, 6.07) is 7.83. The second kappa shape index (κ2) is 9.57. The highest BCUT2D eigenvalue weighted by molar-refractivity contribution is 5.78. The molecule has 0 aliphatic carbocycles. The van der Waals surface area contributed by atoms with Crippen LogP contribution in [0.15, 0.2) is 29.1 Å². The Hall–Kier alpha value is -2.12. The van der Waals surface area contributed by atoms with Crippen LogP contribution in [-0.4, -0.2) is 69.8 Å². The molecule has 7 heteroatoms. The minimum absolute atomic E-state index is 0.0239. The van der Waals surface area contributed by atoms with Gasteiger partial charge in [0.15, 0.2) is 0 Å². The van der Waals surface area contributed by atoms with Gasteiger partial charge in [-0.3, -0.25) is 18.8 Å². The number of aryl methyl sites for hydroxylation is 2. The average Bonchev–Trinajstić information content (AvgIpc) is 3.02. The predicted octanol–water partition coefficient (Wildman–Crippen LogP) is 2.56. The third kappa shape index (κ3) is 4.88. The van der Waals surface area contributed by atoms with Crippen LogP contribution in [0.4, 0.5) is 0 Å². The topological polar surface area (TPSA) is 59.7 Å². The van der Waals surface area contributed by atoms with Crippen molar-refractivity contribution in [3.05, 3.63) is 34.7 Å². The van der Waals surface area contributed by atoms with Crippen LogP contribution in [-0.2, 0) is 22.6 Å². The lowest BCUT2D eigenvalue weighted by atomic mass is 9.95. The number of hydrogen-bond acceptors (Lipinski definition) is 4. The number of benzene rings is 1. The molecule has 31 heavy (non-hydrogen) atoms. The van der Waals surface area contributed by atoms with Crippen LogP contribution in [0, 0.1) is 5.92 Å². The summed E-state index contributed by atoms with van der Waals surface area (Å²) in [6.45, 7) is 12.1. The van der Waals surface area contributed by atoms with E-state index >= 15 is 0 Å². The molecule has 4 rings (SSSR count). The van der Waals surface area contributed by atoms with Crippen molar-refractivity contribution >= 4 is 16.9 Å². The number of hydrogen-bond donors (Lipinski definition) is 0. The van der Waals surface area contributed by atoms with Gasteiger partial charge in [0.2, 0.25) is 5.91 Å². The van der Waals surface area contributed by atoms with Gasteiger partial charge < -0.3 is 9.64 Å². The number of ether oxygens (including phenoxy) is 1. The van der Waals surface area contributed by atoms with Gasteiger partial charge in [0.25, 0.3) is 0 Å². The van der Waals surface area contributed by atoms with Crippen molar-refractivity contribution < 1.29 is 9.53 Å². The van der Waals surface area contributed by atoms with E-state index in [0.717, 1.165) is 56.6 Å². The Morgan fingerprint density at radius 2 is 1.65 bits per heavy atom. The molecule has 2 aliphatic heterocycles. The minimum atomic E-state index is -0.0239. The van der Waals surface area contributed by atoms with Gasteiger partial charge in [-0.05, 0) is 51.7 Å². The van der Waals surface area contributed by atoms with Crippen LogP contribution in [0.2, 0.25) is 0 Å². The number of carbonyl (C=O) groups is 1. The van der Waals surface area contributed by atoms with E-state index in [1.165, 1.54) is 0 Å². The molecule has 0 saturated carbocycles. The Kier molecular flexibility index (Phi) is 6.82. The third-order valence-corrected chi connectivity index (χ3v) is 6.77. The number of carbonyl (C=O) groups excluding carboxylic acids is 1. The van der Waals surface area contributed by atoms with E-state index in [0.29, 0.717) is 37.6 Å². The Labute approximate surface area is 184 Å². The fourth-order valence-electron chi connectivity index (χ4n) is 5.32. The van der Waals surface area contributed by atoms with Crippen molar-refractivity contribution in [1.82, 2.24) is 18.9 Å². The molecule has 1 amide bonds. The van der Waals surface area contributed by atoms with Gasteiger partial charge >= 0.3 is 5.69 Å². The van der Waals surface area contributed by atoms with Gasteiger partial charge in [0.05, 0.1) is 23.2 Å². The zero-order valence-corrected chi connectivity index (χ0v) is 19.1. The number of amides is 1. The number of morpholine rings is 1. The van der Waals surface area contributed by atoms with Gasteiger partial charge in [0, 0.05) is 52.2 Å². The Bertz CT molecular complexity index is 947. The van der Waals surface area contributed by atoms with E-state index in [4.69, 9.17) is 4.74 Å². The second-order valence-corrected chi connectivity index (χ2v) is 9.22. The quantitative estimate of drug-likeness (QED) is 0.710. The maximum Gasteiger partial charge on any atom is 0.329 e. The number of piperidine rings is 1. The molecule has 3 heterocycles. The molecular formula is C24H36N4O3. The molecule has 0 radical (unpaired) electrons. The van der Waals surface area contributed by atoms with Crippen LogP contribution in [0.1, 0.15) is 40.0 Å². The van der Waals surface area contributed by atoms with Crippen molar-refractivity contribution in [1.29, 1.82) is 0 Å². The van der Waals surface area contributed by atoms with Crippen molar-refractivity contribution in [3.63, 3.8) is 0 Å². The standard InChI is InChI=1S/C24H36N4O3/c1-4-27-21-7-5-6-8-22(21)28(24(27)30)14-11-23(29)26-12-9-20(10-13-26)17-25-15-18(2)31-19(3)16-25/h5-8,18-20H,4,9-17H2,1-3H3. The third-order valence-electron chi connectivity index (χ3n) is 6.77. The normalized spacial score (nSPS) is 23.5. The van der Waals surface area contributed by atoms with Crippen molar-refractivity contribution in [3.8, 4) is 0 Å². The Morgan fingerprint density at radius 1 is 1.03 bits per heavy atom. The zero-order valence-electron chi connectivity index (χ0n) is 19.1. The second-order valence-electron chi connectivity index (χ2n) is 9.22. The summed E-state index contributed by atoms with van der Waals surface area (Å²) >= 11 is 0. The molecule has 2 fully saturated rings. The van der Waals surface area contributed by atoms with Gasteiger partial charge in [0.1, 0.15) is 0 Å². The molecule has 0 spiro atoms. The number of imidazole rings is 1. The number of fused-ring (bicyclic) bond motifs is 1. The molecule has 1 aromatic carbocycles. The molecule has 0 bridgehead atoms. The molecule has 7 nitrogen and oxygen atoms in total. The molecule has 1 aromatic heterocycles. The lowest BCUT2D eigenvalue weighted by Crippen LogP contribution is -2.48. The summed E-state index contributed by atoms with van der Waals surface area (Å²) in [5.41, 5.74) is 1.83. The highest BCUT2D eigenvalue weighted by Crippen LogP contribution is 2.22. The zero-order chi connectivity index (χ0) is 22.0. The lowest BCUT2D eigenvalue weighted by Gasteiger charge is -2.39. The Balaban J connectivity index is 1.30. The Morgan fingerprint density at radius 3 is 2.26 bits per heavy atom. The molecule has 2 atom stereocenters. The number of rotatable bonds is 6. The summed E-state index contributed by atoms with van der Waals surface area (Å²) < 4.78 is 9.37. The first-order chi connectivity index (χ1) is 15.0. The largest absolute Gasteiger partial charge is 0.373 e. The first-order valence-electron chi connectivity index (χ1n) is 11.8. The van der Waals surface area contributed by atoms with Crippen LogP contribution in [0.5, 0.6) is 0 Å². The minimum Gasteiger partial charge on any atom is -0.373 e. The smallest absolute Gasteiger partial charge is 0.329 e. The van der Waals surface area contributed by atoms with Crippen molar-refractivity contribution in [2.24, 2.45) is 5.92 Å². The maximum absolute atomic E-state index is 12.9. The molecule has 170 valence electrons. The average molecular weight is 429 g/mol. The van der Waals surface area contributed by atoms with Gasteiger partial charge in [-0.1, -0.05) is 12.1 Å². The van der Waals surface area contributed by atoms with E-state index in [2.05, 4.69) is 18.7 Å². The van der Waals surface area contributed by atoms with Crippen LogP contribution in [0.25, 0.3) is 11.0 Å². The van der Waals surface area contributed by atoms with Crippen molar-refractivity contribution in [2.75, 3.05) is 32.7 Å². The van der Waals surface area contributed by atoms with Crippen LogP contribution in [0.3, 0.4) is 0 Å². The molecule has 2 unspecified atom stereocenters. The fraction of sp³-hybridized carbons (Fsp3) is 0.667. The van der Waals surface area contributed by atoms with E-state index in [9.17, 15) is 9.59 Å². The fourth-order valence-corrected chi connectivity index (χ4v) is 5.32. The monoisotopic (exact) mass is 428 g/mol. The van der Waals surface area contributed by atoms with Gasteiger partial charge in [-0.15, -0.1) is 0 Å². The molecule has 2 aromatic rings. The number of para-hydroxylation sites is 2. The summed E-state index contributed by atoms with van der Waals surface area (Å²) in [7, 11) is 0. The van der Waals surface area contributed by atoms with Gasteiger partial charge in [-0.25, -0.2) is 4.79 Å². The first-order valence-corrected chi connectivity index (χ1v) is 11.8. The van der Waals surface area contributed by atoms with Crippen molar-refractivity contribution in [2.45, 2.75) is 65.3 Å². The number of nitrogens with zero attached hydrogens (tertiary/aromatic N) is 4. The molecular weight excluding hydrogens is 392 g/mol. The summed E-state index contributed by atoms with van der Waals surface area (Å²) in [6.07, 6.45) is 3.09. The summed E-state index contributed by atoms with van der Waals surface area (Å²) in [5, 5.41) is 0. The number of aromatic nitrogens is 2. The first kappa shape index (κ1) is 22.1. The number of likely N-dealkylation sites (tertiary alicyclic amines) is 1. The predicted molar refractivity (Wildman–Crippen MR) is 122 cm³/mol. The highest BCUT2D eigenvalue weighted by Gasteiger charge is 2.28. The lowest BCUT2D eigenvalue weighted by molar-refractivity contribution is -0.133. The maximum atomic E-state index is 12.9. The van der Waals surface area contributed by atoms with E-state index in [1.54, 1.807) is 9.13 Å². The van der Waals surface area contributed by atoms with Crippen LogP contribution < -0.4 is 5.69 Å². The summed E-state index contributed by atoms with van der Waals surface area (Å²) in [4.78, 5) is 30.1. The highest BCUT2D eigenvalue weighted by atomic mass is 16.5. The SMILES string of the molecule is CCn1c(=O)n(CCC(=O)N2CCC(CN3CC(C)OC(C)C3)CC2)c2ccccc21. The molecule has 2 aliphatic rings. The molecule has 2 saturated heterocycles. The van der Waals surface area contributed by atoms with E-state index < -0.39 is 0 Å². The summed E-state index contributed by atoms with van der Waals surface area (Å²) in [5.74, 6) is 0.805. The van der Waals surface area contributed by atoms with Crippen LogP contribution >= 0.6 is 0 Å².